The number of fused-ring (bicyclic) bond motifs is 1. The van der Waals surface area contributed by atoms with Gasteiger partial charge in [-0.2, -0.15) is 0 Å². The number of rotatable bonds is 9. The van der Waals surface area contributed by atoms with E-state index >= 15 is 0 Å². The molecule has 0 aromatic heterocycles. The summed E-state index contributed by atoms with van der Waals surface area (Å²) in [5.41, 5.74) is 0.930. The molecule has 5 atom stereocenters. The van der Waals surface area contributed by atoms with E-state index in [1.54, 1.807) is 18.2 Å². The second-order valence-electron chi connectivity index (χ2n) is 8.28. The number of anilines is 1. The monoisotopic (exact) mass is 468 g/mol. The van der Waals surface area contributed by atoms with Gasteiger partial charge in [-0.25, -0.2) is 13.1 Å². The van der Waals surface area contributed by atoms with Crippen molar-refractivity contribution in [3.05, 3.63) is 36.4 Å². The predicted molar refractivity (Wildman–Crippen MR) is 121 cm³/mol. The zero-order valence-corrected chi connectivity index (χ0v) is 19.1. The largest absolute Gasteiger partial charge is 0.394 e. The number of unbranched alkanes of at least 4 members (excludes halogenated alkanes) is 1. The summed E-state index contributed by atoms with van der Waals surface area (Å²) in [6.07, 6.45) is -4.38. The molecule has 0 saturated carbocycles. The van der Waals surface area contributed by atoms with E-state index < -0.39 is 47.2 Å². The second-order valence-corrected chi connectivity index (χ2v) is 10.0. The number of hydrogen-bond donors (Lipinski definition) is 5. The third-order valence-electron chi connectivity index (χ3n) is 5.83. The fourth-order valence-electron chi connectivity index (χ4n) is 4.06. The van der Waals surface area contributed by atoms with E-state index in [2.05, 4.69) is 4.72 Å². The van der Waals surface area contributed by atoms with Crippen LogP contribution in [0.25, 0.3) is 10.8 Å². The van der Waals surface area contributed by atoms with Crippen LogP contribution in [0.2, 0.25) is 0 Å². The maximum Gasteiger partial charge on any atom is 0.241 e. The fourth-order valence-corrected chi connectivity index (χ4v) is 5.35. The normalized spacial score (nSPS) is 26.4. The highest BCUT2D eigenvalue weighted by atomic mass is 32.2. The molecule has 32 heavy (non-hydrogen) atoms. The topological polar surface area (TPSA) is 140 Å². The van der Waals surface area contributed by atoms with Crippen molar-refractivity contribution in [1.29, 1.82) is 0 Å². The predicted octanol–water partition coefficient (Wildman–Crippen LogP) is 0.197. The summed E-state index contributed by atoms with van der Waals surface area (Å²) >= 11 is 0. The maximum atomic E-state index is 12.9. The van der Waals surface area contributed by atoms with Gasteiger partial charge in [0.15, 0.2) is 0 Å². The quantitative estimate of drug-likeness (QED) is 0.329. The molecule has 178 valence electrons. The van der Waals surface area contributed by atoms with E-state index in [-0.39, 0.29) is 11.4 Å². The minimum atomic E-state index is -3.73. The van der Waals surface area contributed by atoms with E-state index in [1.807, 2.05) is 37.2 Å². The minimum Gasteiger partial charge on any atom is -0.394 e. The summed E-state index contributed by atoms with van der Waals surface area (Å²) in [5.74, 6) is 0. The zero-order valence-electron chi connectivity index (χ0n) is 18.3. The van der Waals surface area contributed by atoms with Crippen molar-refractivity contribution in [3.63, 3.8) is 0 Å². The van der Waals surface area contributed by atoms with E-state index in [0.717, 1.165) is 11.1 Å². The molecule has 0 radical (unpaired) electrons. The lowest BCUT2D eigenvalue weighted by atomic mass is 9.92. The third-order valence-corrected chi connectivity index (χ3v) is 7.35. The number of nitrogens with one attached hydrogen (secondary N) is 1. The molecule has 1 aliphatic heterocycles. The smallest absolute Gasteiger partial charge is 0.241 e. The SMILES string of the molecule is CN(C)c1cccc2c(S(=O)(=O)NCCCC[C@H]3O[C@H](CO)[C@@H](O)[C@H](O)[C@H]3O)cccc12. The van der Waals surface area contributed by atoms with Crippen molar-refractivity contribution in [3.8, 4) is 0 Å². The number of sulfonamides is 1. The molecule has 1 fully saturated rings. The second kappa shape index (κ2) is 10.4. The minimum absolute atomic E-state index is 0.198. The molecule has 1 heterocycles. The van der Waals surface area contributed by atoms with Crippen molar-refractivity contribution in [2.75, 3.05) is 32.1 Å². The summed E-state index contributed by atoms with van der Waals surface area (Å²) in [5, 5.41) is 40.5. The van der Waals surface area contributed by atoms with Gasteiger partial charge < -0.3 is 30.1 Å². The Morgan fingerprint density at radius 2 is 1.59 bits per heavy atom. The Morgan fingerprint density at radius 3 is 2.28 bits per heavy atom. The fraction of sp³-hybridized carbons (Fsp3) is 0.545. The molecule has 3 rings (SSSR count). The Morgan fingerprint density at radius 1 is 0.938 bits per heavy atom. The highest BCUT2D eigenvalue weighted by Gasteiger charge is 2.42. The van der Waals surface area contributed by atoms with Gasteiger partial charge in [0, 0.05) is 37.1 Å². The van der Waals surface area contributed by atoms with Crippen molar-refractivity contribution in [1.82, 2.24) is 4.72 Å². The molecule has 2 aromatic rings. The first kappa shape index (κ1) is 24.8. The van der Waals surface area contributed by atoms with Crippen LogP contribution in [0.1, 0.15) is 19.3 Å². The van der Waals surface area contributed by atoms with Crippen LogP contribution < -0.4 is 9.62 Å². The van der Waals surface area contributed by atoms with Crippen molar-refractivity contribution < 1.29 is 33.6 Å². The van der Waals surface area contributed by atoms with Crippen molar-refractivity contribution in [2.45, 2.75) is 54.7 Å². The summed E-state index contributed by atoms with van der Waals surface area (Å²) in [4.78, 5) is 2.15. The lowest BCUT2D eigenvalue weighted by molar-refractivity contribution is -0.230. The van der Waals surface area contributed by atoms with Gasteiger partial charge in [-0.05, 0) is 31.4 Å². The average Bonchev–Trinajstić information content (AvgIpc) is 2.77. The third kappa shape index (κ3) is 5.23. The molecule has 9 nitrogen and oxygen atoms in total. The number of nitrogens with zero attached hydrogens (tertiary/aromatic N) is 1. The van der Waals surface area contributed by atoms with Crippen LogP contribution in [0.4, 0.5) is 5.69 Å². The first-order chi connectivity index (χ1) is 15.2. The Bertz CT molecular complexity index is 1010. The molecular weight excluding hydrogens is 436 g/mol. The molecule has 10 heteroatoms. The number of hydrogen-bond acceptors (Lipinski definition) is 8. The Kier molecular flexibility index (Phi) is 8.10. The van der Waals surface area contributed by atoms with Gasteiger partial charge >= 0.3 is 0 Å². The highest BCUT2D eigenvalue weighted by Crippen LogP contribution is 2.30. The molecule has 0 aliphatic carbocycles. The van der Waals surface area contributed by atoms with Crippen LogP contribution in [0.5, 0.6) is 0 Å². The van der Waals surface area contributed by atoms with Crippen molar-refractivity contribution >= 4 is 26.5 Å². The summed E-state index contributed by atoms with van der Waals surface area (Å²) in [6, 6.07) is 10.8. The summed E-state index contributed by atoms with van der Waals surface area (Å²) in [7, 11) is 0.0833. The lowest BCUT2D eigenvalue weighted by Crippen LogP contribution is -2.58. The first-order valence-electron chi connectivity index (χ1n) is 10.7. The standard InChI is InChI=1S/C22H32N2O7S/c1-24(2)16-9-5-8-15-14(16)7-6-11-19(15)32(29,30)23-12-4-3-10-17-20(26)22(28)21(27)18(13-25)31-17/h5-9,11,17-18,20-23,25-28H,3-4,10,12-13H2,1-2H3/t17-,18-,20+,21-,22-/m1/s1. The number of aliphatic hydroxyl groups is 4. The van der Waals surface area contributed by atoms with Crippen LogP contribution in [-0.4, -0.2) is 86.6 Å². The Hall–Kier alpha value is -1.79. The van der Waals surface area contributed by atoms with Crippen LogP contribution in [0.15, 0.2) is 41.3 Å². The molecular formula is C22H32N2O7S. The molecule has 0 bridgehead atoms. The summed E-state index contributed by atoms with van der Waals surface area (Å²) < 4.78 is 34.0. The van der Waals surface area contributed by atoms with Crippen LogP contribution in [0.3, 0.4) is 0 Å². The lowest BCUT2D eigenvalue weighted by Gasteiger charge is -2.40. The molecule has 0 amide bonds. The first-order valence-corrected chi connectivity index (χ1v) is 12.1. The molecule has 5 N–H and O–H groups in total. The molecule has 0 spiro atoms. The van der Waals surface area contributed by atoms with E-state index in [9.17, 15) is 28.8 Å². The molecule has 1 saturated heterocycles. The maximum absolute atomic E-state index is 12.9. The van der Waals surface area contributed by atoms with Crippen molar-refractivity contribution in [2.24, 2.45) is 0 Å². The number of ether oxygens (including phenoxy) is 1. The summed E-state index contributed by atoms with van der Waals surface area (Å²) in [6.45, 7) is -0.272. The van der Waals surface area contributed by atoms with Crippen LogP contribution in [-0.2, 0) is 14.8 Å². The molecule has 0 unspecified atom stereocenters. The van der Waals surface area contributed by atoms with Gasteiger partial charge in [0.05, 0.1) is 17.6 Å². The van der Waals surface area contributed by atoms with Crippen LogP contribution >= 0.6 is 0 Å². The van der Waals surface area contributed by atoms with E-state index in [0.29, 0.717) is 24.6 Å². The number of aliphatic hydroxyl groups excluding tert-OH is 4. The Labute approximate surface area is 188 Å². The number of benzene rings is 2. The van der Waals surface area contributed by atoms with Gasteiger partial charge in [-0.1, -0.05) is 24.3 Å². The molecule has 2 aromatic carbocycles. The van der Waals surface area contributed by atoms with Gasteiger partial charge in [-0.15, -0.1) is 0 Å². The average molecular weight is 469 g/mol. The highest BCUT2D eigenvalue weighted by molar-refractivity contribution is 7.89. The Balaban J connectivity index is 1.59. The van der Waals surface area contributed by atoms with E-state index in [4.69, 9.17) is 4.74 Å². The van der Waals surface area contributed by atoms with Crippen LogP contribution in [0, 0.1) is 0 Å². The van der Waals surface area contributed by atoms with Gasteiger partial charge in [0.25, 0.3) is 0 Å². The van der Waals surface area contributed by atoms with E-state index in [1.165, 1.54) is 0 Å². The molecule has 1 aliphatic rings. The zero-order chi connectivity index (χ0) is 23.5. The van der Waals surface area contributed by atoms with Gasteiger partial charge in [0.1, 0.15) is 24.4 Å². The van der Waals surface area contributed by atoms with Gasteiger partial charge in [0.2, 0.25) is 10.0 Å². The van der Waals surface area contributed by atoms with Gasteiger partial charge in [-0.3, -0.25) is 0 Å².